The zero-order chi connectivity index (χ0) is 12.5. The van der Waals surface area contributed by atoms with Gasteiger partial charge in [0.2, 0.25) is 0 Å². The van der Waals surface area contributed by atoms with Crippen molar-refractivity contribution in [1.82, 2.24) is 0 Å². The molecule has 0 amide bonds. The predicted molar refractivity (Wildman–Crippen MR) is 58.9 cm³/mol. The molecule has 0 heterocycles. The van der Waals surface area contributed by atoms with Crippen molar-refractivity contribution < 1.29 is 17.9 Å². The van der Waals surface area contributed by atoms with E-state index in [0.717, 1.165) is 18.6 Å². The standard InChI is InChI=1S/C13H15F3O/c1-2-12(9-3-4-9)17-11-7-5-10(6-8-11)13(14,15)16/h5-9,12H,2-4H2,1H3. The monoisotopic (exact) mass is 244 g/mol. The van der Waals surface area contributed by atoms with Crippen LogP contribution < -0.4 is 4.74 Å². The Morgan fingerprint density at radius 2 is 1.82 bits per heavy atom. The summed E-state index contributed by atoms with van der Waals surface area (Å²) in [7, 11) is 0. The third-order valence-corrected chi connectivity index (χ3v) is 3.02. The van der Waals surface area contributed by atoms with Gasteiger partial charge in [-0.2, -0.15) is 13.2 Å². The van der Waals surface area contributed by atoms with Crippen LogP contribution in [0.1, 0.15) is 31.7 Å². The Morgan fingerprint density at radius 3 is 2.24 bits per heavy atom. The first-order valence-electron chi connectivity index (χ1n) is 5.84. The molecule has 1 aliphatic rings. The van der Waals surface area contributed by atoms with E-state index in [4.69, 9.17) is 4.74 Å². The largest absolute Gasteiger partial charge is 0.490 e. The molecule has 1 aliphatic carbocycles. The molecule has 0 aliphatic heterocycles. The number of benzene rings is 1. The van der Waals surface area contributed by atoms with Gasteiger partial charge in [-0.15, -0.1) is 0 Å². The molecular weight excluding hydrogens is 229 g/mol. The molecule has 1 saturated carbocycles. The van der Waals surface area contributed by atoms with Gasteiger partial charge >= 0.3 is 6.18 Å². The van der Waals surface area contributed by atoms with E-state index in [0.29, 0.717) is 11.7 Å². The van der Waals surface area contributed by atoms with Gasteiger partial charge in [-0.05, 0) is 49.4 Å². The maximum atomic E-state index is 12.3. The van der Waals surface area contributed by atoms with Crippen molar-refractivity contribution in [3.05, 3.63) is 29.8 Å². The third kappa shape index (κ3) is 3.14. The highest BCUT2D eigenvalue weighted by atomic mass is 19.4. The number of alkyl halides is 3. The molecule has 17 heavy (non-hydrogen) atoms. The lowest BCUT2D eigenvalue weighted by molar-refractivity contribution is -0.137. The second-order valence-corrected chi connectivity index (χ2v) is 4.42. The van der Waals surface area contributed by atoms with Gasteiger partial charge in [0.1, 0.15) is 11.9 Å². The van der Waals surface area contributed by atoms with Crippen molar-refractivity contribution in [1.29, 1.82) is 0 Å². The lowest BCUT2D eigenvalue weighted by atomic mass is 10.1. The Kier molecular flexibility index (Phi) is 3.31. The number of hydrogen-bond donors (Lipinski definition) is 0. The van der Waals surface area contributed by atoms with Crippen LogP contribution in [0.2, 0.25) is 0 Å². The zero-order valence-electron chi connectivity index (χ0n) is 9.63. The van der Waals surface area contributed by atoms with E-state index in [1.165, 1.54) is 25.0 Å². The fourth-order valence-corrected chi connectivity index (χ4v) is 1.88. The van der Waals surface area contributed by atoms with Crippen LogP contribution in [-0.4, -0.2) is 6.10 Å². The highest BCUT2D eigenvalue weighted by Crippen LogP contribution is 2.37. The molecule has 0 radical (unpaired) electrons. The molecular formula is C13H15F3O. The van der Waals surface area contributed by atoms with Crippen molar-refractivity contribution >= 4 is 0 Å². The molecule has 4 heteroatoms. The summed E-state index contributed by atoms with van der Waals surface area (Å²) in [6, 6.07) is 4.92. The predicted octanol–water partition coefficient (Wildman–Crippen LogP) is 4.27. The second-order valence-electron chi connectivity index (χ2n) is 4.42. The molecule has 0 N–H and O–H groups in total. The maximum absolute atomic E-state index is 12.3. The summed E-state index contributed by atoms with van der Waals surface area (Å²) in [5, 5.41) is 0. The first-order chi connectivity index (χ1) is 8.00. The second kappa shape index (κ2) is 4.59. The highest BCUT2D eigenvalue weighted by molar-refractivity contribution is 5.29. The Balaban J connectivity index is 2.02. The van der Waals surface area contributed by atoms with E-state index >= 15 is 0 Å². The molecule has 94 valence electrons. The van der Waals surface area contributed by atoms with E-state index in [2.05, 4.69) is 0 Å². The summed E-state index contributed by atoms with van der Waals surface area (Å²) >= 11 is 0. The summed E-state index contributed by atoms with van der Waals surface area (Å²) in [5.74, 6) is 1.11. The van der Waals surface area contributed by atoms with Gasteiger partial charge in [-0.3, -0.25) is 0 Å². The summed E-state index contributed by atoms with van der Waals surface area (Å²) in [4.78, 5) is 0. The summed E-state index contributed by atoms with van der Waals surface area (Å²) < 4.78 is 42.7. The van der Waals surface area contributed by atoms with Gasteiger partial charge in [0.25, 0.3) is 0 Å². The maximum Gasteiger partial charge on any atom is 0.416 e. The van der Waals surface area contributed by atoms with Gasteiger partial charge in [-0.1, -0.05) is 6.92 Å². The summed E-state index contributed by atoms with van der Waals surface area (Å²) in [6.07, 6.45) is -0.907. The van der Waals surface area contributed by atoms with Gasteiger partial charge in [0.05, 0.1) is 5.56 Å². The first kappa shape index (κ1) is 12.3. The molecule has 1 unspecified atom stereocenters. The van der Waals surface area contributed by atoms with E-state index < -0.39 is 11.7 Å². The van der Waals surface area contributed by atoms with Crippen LogP contribution in [0.3, 0.4) is 0 Å². The normalized spacial score (nSPS) is 17.9. The average molecular weight is 244 g/mol. The molecule has 1 atom stereocenters. The minimum Gasteiger partial charge on any atom is -0.490 e. The number of hydrogen-bond acceptors (Lipinski definition) is 1. The van der Waals surface area contributed by atoms with Crippen molar-refractivity contribution in [2.75, 3.05) is 0 Å². The molecule has 1 aromatic rings. The fourth-order valence-electron chi connectivity index (χ4n) is 1.88. The van der Waals surface area contributed by atoms with Crippen LogP contribution in [0.4, 0.5) is 13.2 Å². The Morgan fingerprint density at radius 1 is 1.24 bits per heavy atom. The summed E-state index contributed by atoms with van der Waals surface area (Å²) in [6.45, 7) is 2.03. The first-order valence-corrected chi connectivity index (χ1v) is 5.84. The minimum absolute atomic E-state index is 0.145. The molecule has 1 nitrogen and oxygen atoms in total. The van der Waals surface area contributed by atoms with Gasteiger partial charge in [0, 0.05) is 0 Å². The third-order valence-electron chi connectivity index (χ3n) is 3.02. The van der Waals surface area contributed by atoms with Crippen LogP contribution in [-0.2, 0) is 6.18 Å². The molecule has 1 fully saturated rings. The molecule has 1 aromatic carbocycles. The topological polar surface area (TPSA) is 9.23 Å². The van der Waals surface area contributed by atoms with Crippen molar-refractivity contribution in [3.63, 3.8) is 0 Å². The van der Waals surface area contributed by atoms with Crippen LogP contribution in [0.15, 0.2) is 24.3 Å². The van der Waals surface area contributed by atoms with Crippen molar-refractivity contribution in [2.45, 2.75) is 38.5 Å². The van der Waals surface area contributed by atoms with Crippen LogP contribution in [0, 0.1) is 5.92 Å². The van der Waals surface area contributed by atoms with Gasteiger partial charge in [-0.25, -0.2) is 0 Å². The van der Waals surface area contributed by atoms with Crippen molar-refractivity contribution in [2.24, 2.45) is 5.92 Å². The molecule has 0 spiro atoms. The SMILES string of the molecule is CCC(Oc1ccc(C(F)(F)F)cc1)C1CC1. The zero-order valence-corrected chi connectivity index (χ0v) is 9.63. The Bertz CT molecular complexity index is 365. The smallest absolute Gasteiger partial charge is 0.416 e. The van der Waals surface area contributed by atoms with Gasteiger partial charge < -0.3 is 4.74 Å². The van der Waals surface area contributed by atoms with Crippen LogP contribution in [0.25, 0.3) is 0 Å². The highest BCUT2D eigenvalue weighted by Gasteiger charge is 2.32. The number of halogens is 3. The lowest BCUT2D eigenvalue weighted by Gasteiger charge is -2.17. The fraction of sp³-hybridized carbons (Fsp3) is 0.538. The molecule has 0 aromatic heterocycles. The van der Waals surface area contributed by atoms with Crippen LogP contribution in [0.5, 0.6) is 5.75 Å². The van der Waals surface area contributed by atoms with Crippen LogP contribution >= 0.6 is 0 Å². The summed E-state index contributed by atoms with van der Waals surface area (Å²) in [5.41, 5.74) is -0.635. The van der Waals surface area contributed by atoms with E-state index in [-0.39, 0.29) is 6.10 Å². The number of rotatable bonds is 4. The van der Waals surface area contributed by atoms with E-state index in [1.54, 1.807) is 0 Å². The van der Waals surface area contributed by atoms with E-state index in [9.17, 15) is 13.2 Å². The lowest BCUT2D eigenvalue weighted by Crippen LogP contribution is -2.17. The van der Waals surface area contributed by atoms with Crippen molar-refractivity contribution in [3.8, 4) is 5.75 Å². The molecule has 0 saturated heterocycles. The molecule has 0 bridgehead atoms. The quantitative estimate of drug-likeness (QED) is 0.768. The Labute approximate surface area is 98.6 Å². The number of ether oxygens (including phenoxy) is 1. The Hall–Kier alpha value is -1.19. The average Bonchev–Trinajstić information content (AvgIpc) is 3.09. The van der Waals surface area contributed by atoms with E-state index in [1.807, 2.05) is 6.92 Å². The molecule has 2 rings (SSSR count). The minimum atomic E-state index is -4.28. The van der Waals surface area contributed by atoms with Gasteiger partial charge in [0.15, 0.2) is 0 Å².